The summed E-state index contributed by atoms with van der Waals surface area (Å²) in [7, 11) is 3.98. The van der Waals surface area contributed by atoms with Crippen molar-refractivity contribution in [3.63, 3.8) is 0 Å². The van der Waals surface area contributed by atoms with Crippen LogP contribution in [0.15, 0.2) is 35.1 Å². The number of benzene rings is 1. The predicted octanol–water partition coefficient (Wildman–Crippen LogP) is 2.04. The smallest absolute Gasteiger partial charge is 0.252 e. The quantitative estimate of drug-likeness (QED) is 0.908. The Morgan fingerprint density at radius 2 is 1.85 bits per heavy atom. The Kier molecular flexibility index (Phi) is 3.49. The van der Waals surface area contributed by atoms with Gasteiger partial charge in [-0.3, -0.25) is 4.79 Å². The van der Waals surface area contributed by atoms with Crippen molar-refractivity contribution in [1.82, 2.24) is 9.47 Å². The van der Waals surface area contributed by atoms with Gasteiger partial charge in [-0.25, -0.2) is 0 Å². The Bertz CT molecular complexity index is 669. The van der Waals surface area contributed by atoms with Crippen LogP contribution in [0.1, 0.15) is 12.8 Å². The predicted molar refractivity (Wildman–Crippen MR) is 83.3 cm³/mol. The standard InChI is InChI=1S/C16H21N3O/c1-18-9-7-12(8-10-18)17-14-11-16(20)19(2)15-6-4-3-5-13(14)15/h3-6,11-12,17H,7-10H2,1-2H3. The van der Waals surface area contributed by atoms with Gasteiger partial charge in [-0.1, -0.05) is 18.2 Å². The van der Waals surface area contributed by atoms with Gasteiger partial charge in [0.25, 0.3) is 5.56 Å². The molecule has 1 aliphatic heterocycles. The second-order valence-electron chi connectivity index (χ2n) is 5.69. The molecule has 0 radical (unpaired) electrons. The number of rotatable bonds is 2. The van der Waals surface area contributed by atoms with Crippen LogP contribution in [-0.4, -0.2) is 35.6 Å². The topological polar surface area (TPSA) is 37.3 Å². The fraction of sp³-hybridized carbons (Fsp3) is 0.438. The number of pyridine rings is 1. The third kappa shape index (κ3) is 2.43. The van der Waals surface area contributed by atoms with Crippen LogP contribution in [0, 0.1) is 0 Å². The molecule has 1 aromatic heterocycles. The van der Waals surface area contributed by atoms with Crippen molar-refractivity contribution in [1.29, 1.82) is 0 Å². The summed E-state index contributed by atoms with van der Waals surface area (Å²) in [6, 6.07) is 10.2. The van der Waals surface area contributed by atoms with Gasteiger partial charge in [0.2, 0.25) is 0 Å². The Hall–Kier alpha value is -1.81. The van der Waals surface area contributed by atoms with Gasteiger partial charge in [-0.2, -0.15) is 0 Å². The van der Waals surface area contributed by atoms with Gasteiger partial charge in [0.1, 0.15) is 0 Å². The van der Waals surface area contributed by atoms with Gasteiger partial charge in [0.05, 0.1) is 5.52 Å². The summed E-state index contributed by atoms with van der Waals surface area (Å²) in [4.78, 5) is 14.4. The maximum absolute atomic E-state index is 12.1. The molecule has 20 heavy (non-hydrogen) atoms. The zero-order chi connectivity index (χ0) is 14.1. The molecule has 2 heterocycles. The number of hydrogen-bond acceptors (Lipinski definition) is 3. The molecule has 0 atom stereocenters. The number of nitrogens with zero attached hydrogens (tertiary/aromatic N) is 2. The molecule has 106 valence electrons. The fourth-order valence-electron chi connectivity index (χ4n) is 2.90. The molecule has 1 saturated heterocycles. The highest BCUT2D eigenvalue weighted by molar-refractivity contribution is 5.91. The maximum Gasteiger partial charge on any atom is 0.252 e. The third-order valence-corrected chi connectivity index (χ3v) is 4.23. The van der Waals surface area contributed by atoms with Crippen LogP contribution in [-0.2, 0) is 7.05 Å². The molecule has 4 nitrogen and oxygen atoms in total. The number of aryl methyl sites for hydroxylation is 1. The number of para-hydroxylation sites is 1. The SMILES string of the molecule is CN1CCC(Nc2cc(=O)n(C)c3ccccc23)CC1. The van der Waals surface area contributed by atoms with Crippen LogP contribution in [0.3, 0.4) is 0 Å². The van der Waals surface area contributed by atoms with Gasteiger partial charge in [0.15, 0.2) is 0 Å². The lowest BCUT2D eigenvalue weighted by atomic mass is 10.0. The molecule has 1 aromatic carbocycles. The molecule has 4 heteroatoms. The summed E-state index contributed by atoms with van der Waals surface area (Å²) in [5.74, 6) is 0. The lowest BCUT2D eigenvalue weighted by Crippen LogP contribution is -2.37. The van der Waals surface area contributed by atoms with Crippen LogP contribution < -0.4 is 10.9 Å². The molecule has 3 rings (SSSR count). The summed E-state index contributed by atoms with van der Waals surface area (Å²) in [5, 5.41) is 4.69. The molecule has 1 fully saturated rings. The molecule has 1 N–H and O–H groups in total. The summed E-state index contributed by atoms with van der Waals surface area (Å²) >= 11 is 0. The summed E-state index contributed by atoms with van der Waals surface area (Å²) in [6.07, 6.45) is 2.25. The normalized spacial score (nSPS) is 17.5. The molecule has 2 aromatic rings. The minimum absolute atomic E-state index is 0.0409. The van der Waals surface area contributed by atoms with Crippen molar-refractivity contribution in [3.8, 4) is 0 Å². The number of aromatic nitrogens is 1. The van der Waals surface area contributed by atoms with E-state index in [0.717, 1.165) is 42.5 Å². The van der Waals surface area contributed by atoms with Gasteiger partial charge >= 0.3 is 0 Å². The van der Waals surface area contributed by atoms with Crippen molar-refractivity contribution >= 4 is 16.6 Å². The van der Waals surface area contributed by atoms with E-state index in [-0.39, 0.29) is 5.56 Å². The highest BCUT2D eigenvalue weighted by Crippen LogP contribution is 2.23. The molecule has 0 unspecified atom stereocenters. The number of piperidine rings is 1. The van der Waals surface area contributed by atoms with Gasteiger partial charge in [0, 0.05) is 30.2 Å². The average Bonchev–Trinajstić information content (AvgIpc) is 2.47. The first-order chi connectivity index (χ1) is 9.65. The molecular weight excluding hydrogens is 250 g/mol. The van der Waals surface area contributed by atoms with Crippen molar-refractivity contribution < 1.29 is 0 Å². The van der Waals surface area contributed by atoms with Gasteiger partial charge < -0.3 is 14.8 Å². The van der Waals surface area contributed by atoms with Gasteiger partial charge in [-0.05, 0) is 39.0 Å². The van der Waals surface area contributed by atoms with E-state index in [1.807, 2.05) is 25.2 Å². The minimum atomic E-state index is 0.0409. The molecular formula is C16H21N3O. The van der Waals surface area contributed by atoms with Crippen molar-refractivity contribution in [3.05, 3.63) is 40.7 Å². The lowest BCUT2D eigenvalue weighted by Gasteiger charge is -2.30. The van der Waals surface area contributed by atoms with Crippen molar-refractivity contribution in [2.24, 2.45) is 7.05 Å². The van der Waals surface area contributed by atoms with Crippen LogP contribution in [0.25, 0.3) is 10.9 Å². The molecule has 0 bridgehead atoms. The maximum atomic E-state index is 12.1. The Morgan fingerprint density at radius 1 is 1.15 bits per heavy atom. The fourth-order valence-corrected chi connectivity index (χ4v) is 2.90. The van der Waals surface area contributed by atoms with Crippen molar-refractivity contribution in [2.45, 2.75) is 18.9 Å². The zero-order valence-electron chi connectivity index (χ0n) is 12.1. The summed E-state index contributed by atoms with van der Waals surface area (Å²) in [5.41, 5.74) is 1.99. The first kappa shape index (κ1) is 13.2. The summed E-state index contributed by atoms with van der Waals surface area (Å²) in [6.45, 7) is 2.22. The number of likely N-dealkylation sites (tertiary alicyclic amines) is 1. The lowest BCUT2D eigenvalue weighted by molar-refractivity contribution is 0.264. The molecule has 0 saturated carbocycles. The highest BCUT2D eigenvalue weighted by atomic mass is 16.1. The monoisotopic (exact) mass is 271 g/mol. The summed E-state index contributed by atoms with van der Waals surface area (Å²) < 4.78 is 1.70. The van der Waals surface area contributed by atoms with Crippen LogP contribution in [0.5, 0.6) is 0 Å². The largest absolute Gasteiger partial charge is 0.382 e. The number of anilines is 1. The number of hydrogen-bond donors (Lipinski definition) is 1. The van der Waals surface area contributed by atoms with E-state index >= 15 is 0 Å². The van der Waals surface area contributed by atoms with E-state index in [9.17, 15) is 4.79 Å². The van der Waals surface area contributed by atoms with E-state index < -0.39 is 0 Å². The highest BCUT2D eigenvalue weighted by Gasteiger charge is 2.17. The second-order valence-corrected chi connectivity index (χ2v) is 5.69. The van der Waals surface area contributed by atoms with Crippen molar-refractivity contribution in [2.75, 3.05) is 25.5 Å². The first-order valence-electron chi connectivity index (χ1n) is 7.19. The molecule has 0 spiro atoms. The number of nitrogens with one attached hydrogen (secondary N) is 1. The van der Waals surface area contributed by atoms with Crippen LogP contribution in [0.4, 0.5) is 5.69 Å². The first-order valence-corrected chi connectivity index (χ1v) is 7.19. The molecule has 0 aliphatic carbocycles. The number of fused-ring (bicyclic) bond motifs is 1. The third-order valence-electron chi connectivity index (χ3n) is 4.23. The van der Waals surface area contributed by atoms with E-state index in [0.29, 0.717) is 6.04 Å². The zero-order valence-corrected chi connectivity index (χ0v) is 12.1. The van der Waals surface area contributed by atoms with E-state index in [1.54, 1.807) is 10.6 Å². The molecule has 1 aliphatic rings. The second kappa shape index (κ2) is 5.29. The Labute approximate surface area is 119 Å². The van der Waals surface area contributed by atoms with Gasteiger partial charge in [-0.15, -0.1) is 0 Å². The Morgan fingerprint density at radius 3 is 2.60 bits per heavy atom. The van der Waals surface area contributed by atoms with E-state index in [4.69, 9.17) is 0 Å². The molecule has 0 amide bonds. The average molecular weight is 271 g/mol. The van der Waals surface area contributed by atoms with Crippen LogP contribution in [0.2, 0.25) is 0 Å². The van der Waals surface area contributed by atoms with Crippen LogP contribution >= 0.6 is 0 Å². The Balaban J connectivity index is 1.95. The van der Waals surface area contributed by atoms with E-state index in [1.165, 1.54) is 0 Å². The minimum Gasteiger partial charge on any atom is -0.382 e. The van der Waals surface area contributed by atoms with E-state index in [2.05, 4.69) is 23.3 Å².